The maximum Gasteiger partial charge on any atom is 0.171 e. The van der Waals surface area contributed by atoms with Crippen molar-refractivity contribution in [1.29, 1.82) is 0 Å². The highest BCUT2D eigenvalue weighted by atomic mass is 35.5. The molecule has 0 aliphatic rings. The summed E-state index contributed by atoms with van der Waals surface area (Å²) in [5, 5.41) is 7.75. The zero-order valence-electron chi connectivity index (χ0n) is 15.3. The number of rotatable bonds is 5. The predicted octanol–water partition coefficient (Wildman–Crippen LogP) is 5.65. The van der Waals surface area contributed by atoms with E-state index in [2.05, 4.69) is 56.5 Å². The fourth-order valence-electron chi connectivity index (χ4n) is 2.83. The molecule has 0 aliphatic heterocycles. The first-order valence-electron chi connectivity index (χ1n) is 8.30. The molecule has 0 saturated heterocycles. The lowest BCUT2D eigenvalue weighted by Gasteiger charge is -2.26. The monoisotopic (exact) mass is 376 g/mol. The Bertz CT molecular complexity index is 761. The number of hydrogen-bond acceptors (Lipinski definition) is 2. The zero-order chi connectivity index (χ0) is 18.6. The van der Waals surface area contributed by atoms with Crippen LogP contribution in [0.5, 0.6) is 5.75 Å². The van der Waals surface area contributed by atoms with E-state index in [-0.39, 0.29) is 6.04 Å². The molecule has 2 N–H and O–H groups in total. The maximum atomic E-state index is 6.17. The van der Waals surface area contributed by atoms with E-state index >= 15 is 0 Å². The van der Waals surface area contributed by atoms with Crippen LogP contribution in [0.2, 0.25) is 5.02 Å². The Morgan fingerprint density at radius 1 is 1.12 bits per heavy atom. The van der Waals surface area contributed by atoms with Gasteiger partial charge in [-0.25, -0.2) is 0 Å². The number of aryl methyl sites for hydroxylation is 2. The molecule has 134 valence electrons. The van der Waals surface area contributed by atoms with Crippen LogP contribution in [0, 0.1) is 19.8 Å². The van der Waals surface area contributed by atoms with Crippen molar-refractivity contribution in [3.8, 4) is 5.75 Å². The summed E-state index contributed by atoms with van der Waals surface area (Å²) in [6.45, 7) is 8.61. The molecular weight excluding hydrogens is 352 g/mol. The minimum absolute atomic E-state index is 0.134. The standard InChI is InChI=1S/C20H25ClN2OS/c1-12(2)19(16-8-6-13(3)10-14(16)4)23-20(25)22-15-7-9-18(24-5)17(21)11-15/h6-12,19H,1-5H3,(H2,22,23,25)/t19-/m1/s1. The van der Waals surface area contributed by atoms with Crippen LogP contribution in [0.3, 0.4) is 0 Å². The van der Waals surface area contributed by atoms with Gasteiger partial charge in [-0.1, -0.05) is 49.2 Å². The Labute approximate surface area is 160 Å². The number of ether oxygens (including phenoxy) is 1. The quantitative estimate of drug-likeness (QED) is 0.660. The largest absolute Gasteiger partial charge is 0.495 e. The van der Waals surface area contributed by atoms with Crippen molar-refractivity contribution >= 4 is 34.6 Å². The Balaban J connectivity index is 2.14. The van der Waals surface area contributed by atoms with Gasteiger partial charge in [0.1, 0.15) is 5.75 Å². The third-order valence-corrected chi connectivity index (χ3v) is 4.64. The Hall–Kier alpha value is -1.78. The smallest absolute Gasteiger partial charge is 0.171 e. The molecular formula is C20H25ClN2OS. The minimum atomic E-state index is 0.134. The van der Waals surface area contributed by atoms with E-state index in [1.165, 1.54) is 16.7 Å². The number of thiocarbonyl (C=S) groups is 1. The topological polar surface area (TPSA) is 33.3 Å². The van der Waals surface area contributed by atoms with Gasteiger partial charge in [0.05, 0.1) is 18.2 Å². The zero-order valence-corrected chi connectivity index (χ0v) is 16.9. The van der Waals surface area contributed by atoms with Gasteiger partial charge in [0.15, 0.2) is 5.11 Å². The minimum Gasteiger partial charge on any atom is -0.495 e. The van der Waals surface area contributed by atoms with Gasteiger partial charge in [-0.3, -0.25) is 0 Å². The van der Waals surface area contributed by atoms with E-state index in [1.807, 2.05) is 12.1 Å². The van der Waals surface area contributed by atoms with Crippen LogP contribution in [-0.4, -0.2) is 12.2 Å². The molecule has 2 aromatic rings. The molecule has 0 unspecified atom stereocenters. The van der Waals surface area contributed by atoms with Gasteiger partial charge in [0, 0.05) is 5.69 Å². The molecule has 5 heteroatoms. The van der Waals surface area contributed by atoms with Crippen molar-refractivity contribution in [3.05, 3.63) is 58.1 Å². The average Bonchev–Trinajstić information content (AvgIpc) is 2.53. The van der Waals surface area contributed by atoms with Gasteiger partial charge in [-0.15, -0.1) is 0 Å². The third kappa shape index (κ3) is 5.10. The third-order valence-electron chi connectivity index (χ3n) is 4.12. The summed E-state index contributed by atoms with van der Waals surface area (Å²) in [6.07, 6.45) is 0. The molecule has 0 saturated carbocycles. The van der Waals surface area contributed by atoms with Crippen molar-refractivity contribution < 1.29 is 4.74 Å². The summed E-state index contributed by atoms with van der Waals surface area (Å²) < 4.78 is 5.17. The summed E-state index contributed by atoms with van der Waals surface area (Å²) in [5.41, 5.74) is 4.61. The molecule has 0 aromatic heterocycles. The first kappa shape index (κ1) is 19.5. The Morgan fingerprint density at radius 2 is 1.84 bits per heavy atom. The molecule has 25 heavy (non-hydrogen) atoms. The lowest BCUT2D eigenvalue weighted by atomic mass is 9.92. The fraction of sp³-hybridized carbons (Fsp3) is 0.350. The number of benzene rings is 2. The van der Waals surface area contributed by atoms with Crippen LogP contribution in [0.15, 0.2) is 36.4 Å². The summed E-state index contributed by atoms with van der Waals surface area (Å²) in [4.78, 5) is 0. The highest BCUT2D eigenvalue weighted by Crippen LogP contribution is 2.28. The Kier molecular flexibility index (Phi) is 6.68. The van der Waals surface area contributed by atoms with E-state index in [1.54, 1.807) is 13.2 Å². The molecule has 0 aliphatic carbocycles. The summed E-state index contributed by atoms with van der Waals surface area (Å²) in [6, 6.07) is 12.2. The Morgan fingerprint density at radius 3 is 2.40 bits per heavy atom. The number of nitrogens with one attached hydrogen (secondary N) is 2. The molecule has 3 nitrogen and oxygen atoms in total. The summed E-state index contributed by atoms with van der Waals surface area (Å²) in [7, 11) is 1.59. The fourth-order valence-corrected chi connectivity index (χ4v) is 3.33. The lowest BCUT2D eigenvalue weighted by Crippen LogP contribution is -2.35. The van der Waals surface area contributed by atoms with Crippen LogP contribution in [0.25, 0.3) is 0 Å². The molecule has 0 fully saturated rings. The van der Waals surface area contributed by atoms with E-state index < -0.39 is 0 Å². The number of methoxy groups -OCH3 is 1. The normalized spacial score (nSPS) is 12.0. The predicted molar refractivity (Wildman–Crippen MR) is 111 cm³/mol. The van der Waals surface area contributed by atoms with E-state index in [4.69, 9.17) is 28.6 Å². The van der Waals surface area contributed by atoms with Crippen LogP contribution in [-0.2, 0) is 0 Å². The lowest BCUT2D eigenvalue weighted by molar-refractivity contribution is 0.415. The molecule has 2 aromatic carbocycles. The molecule has 0 amide bonds. The van der Waals surface area contributed by atoms with E-state index in [0.717, 1.165) is 5.69 Å². The van der Waals surface area contributed by atoms with Crippen LogP contribution < -0.4 is 15.4 Å². The summed E-state index contributed by atoms with van der Waals surface area (Å²) >= 11 is 11.7. The maximum absolute atomic E-state index is 6.17. The molecule has 0 radical (unpaired) electrons. The van der Waals surface area contributed by atoms with Gasteiger partial charge in [0.2, 0.25) is 0 Å². The van der Waals surface area contributed by atoms with Crippen molar-refractivity contribution in [2.24, 2.45) is 5.92 Å². The highest BCUT2D eigenvalue weighted by molar-refractivity contribution is 7.80. The second-order valence-electron chi connectivity index (χ2n) is 6.53. The summed E-state index contributed by atoms with van der Waals surface area (Å²) in [5.74, 6) is 1.03. The number of anilines is 1. The van der Waals surface area contributed by atoms with E-state index in [9.17, 15) is 0 Å². The van der Waals surface area contributed by atoms with Crippen LogP contribution >= 0.6 is 23.8 Å². The van der Waals surface area contributed by atoms with Gasteiger partial charge in [-0.05, 0) is 61.3 Å². The second-order valence-corrected chi connectivity index (χ2v) is 7.34. The van der Waals surface area contributed by atoms with Gasteiger partial charge in [0.25, 0.3) is 0 Å². The SMILES string of the molecule is COc1ccc(NC(=S)N[C@@H](c2ccc(C)cc2C)C(C)C)cc1Cl. The van der Waals surface area contributed by atoms with Crippen molar-refractivity contribution in [2.45, 2.75) is 33.7 Å². The molecule has 0 spiro atoms. The second kappa shape index (κ2) is 8.54. The molecule has 1 atom stereocenters. The van der Waals surface area contributed by atoms with Crippen molar-refractivity contribution in [1.82, 2.24) is 5.32 Å². The molecule has 0 heterocycles. The van der Waals surface area contributed by atoms with Gasteiger partial charge >= 0.3 is 0 Å². The first-order chi connectivity index (χ1) is 11.8. The van der Waals surface area contributed by atoms with Crippen LogP contribution in [0.1, 0.15) is 36.6 Å². The average molecular weight is 377 g/mol. The van der Waals surface area contributed by atoms with Crippen molar-refractivity contribution in [3.63, 3.8) is 0 Å². The molecule has 0 bridgehead atoms. The van der Waals surface area contributed by atoms with Crippen molar-refractivity contribution in [2.75, 3.05) is 12.4 Å². The number of halogens is 1. The van der Waals surface area contributed by atoms with Gasteiger partial charge in [-0.2, -0.15) is 0 Å². The highest BCUT2D eigenvalue weighted by Gasteiger charge is 2.19. The van der Waals surface area contributed by atoms with Crippen LogP contribution in [0.4, 0.5) is 5.69 Å². The number of hydrogen-bond donors (Lipinski definition) is 2. The molecule has 2 rings (SSSR count). The van der Waals surface area contributed by atoms with E-state index in [0.29, 0.717) is 21.8 Å². The first-order valence-corrected chi connectivity index (χ1v) is 9.08. The van der Waals surface area contributed by atoms with Gasteiger partial charge < -0.3 is 15.4 Å².